The first kappa shape index (κ1) is 20.5. The van der Waals surface area contributed by atoms with Gasteiger partial charge < -0.3 is 20.3 Å². The second-order valence-corrected chi connectivity index (χ2v) is 7.33. The molecule has 0 bridgehead atoms. The SMILES string of the molecule is COc1cccc(CNC(=O)/C(C=NCc2cn3cc(C4CC4)ccc3n2)=N/N)c1F. The summed E-state index contributed by atoms with van der Waals surface area (Å²) >= 11 is 0. The number of nitrogens with zero attached hydrogens (tertiary/aromatic N) is 4. The van der Waals surface area contributed by atoms with E-state index in [-0.39, 0.29) is 30.1 Å². The van der Waals surface area contributed by atoms with Crippen molar-refractivity contribution in [2.75, 3.05) is 7.11 Å². The molecule has 2 aromatic heterocycles. The molecule has 1 aliphatic carbocycles. The number of nitrogens with two attached hydrogens (primary N) is 1. The first-order chi connectivity index (χ1) is 15.1. The van der Waals surface area contributed by atoms with Crippen molar-refractivity contribution in [1.29, 1.82) is 0 Å². The minimum Gasteiger partial charge on any atom is -0.494 e. The van der Waals surface area contributed by atoms with Crippen LogP contribution in [0.3, 0.4) is 0 Å². The lowest BCUT2D eigenvalue weighted by atomic mass is 10.2. The first-order valence-corrected chi connectivity index (χ1v) is 9.94. The smallest absolute Gasteiger partial charge is 0.273 e. The van der Waals surface area contributed by atoms with Crippen LogP contribution in [0.5, 0.6) is 5.75 Å². The maximum atomic E-state index is 14.2. The van der Waals surface area contributed by atoms with Gasteiger partial charge in [-0.05, 0) is 36.5 Å². The van der Waals surface area contributed by atoms with Gasteiger partial charge in [-0.15, -0.1) is 0 Å². The number of hydrogen-bond donors (Lipinski definition) is 2. The van der Waals surface area contributed by atoms with Crippen LogP contribution in [0.1, 0.15) is 35.6 Å². The Morgan fingerprint density at radius 2 is 2.19 bits per heavy atom. The normalized spacial score (nSPS) is 14.3. The van der Waals surface area contributed by atoms with Crippen molar-refractivity contribution in [2.45, 2.75) is 31.8 Å². The fourth-order valence-corrected chi connectivity index (χ4v) is 3.29. The Labute approximate surface area is 178 Å². The number of carbonyl (C=O) groups is 1. The lowest BCUT2D eigenvalue weighted by Crippen LogP contribution is -2.32. The number of methoxy groups -OCH3 is 1. The molecular formula is C22H23FN6O2. The maximum Gasteiger partial charge on any atom is 0.273 e. The zero-order chi connectivity index (χ0) is 21.8. The third-order valence-electron chi connectivity index (χ3n) is 5.11. The van der Waals surface area contributed by atoms with Gasteiger partial charge in [0.25, 0.3) is 5.91 Å². The molecule has 0 atom stereocenters. The van der Waals surface area contributed by atoms with E-state index in [1.807, 2.05) is 16.7 Å². The molecular weight excluding hydrogens is 399 g/mol. The van der Waals surface area contributed by atoms with E-state index < -0.39 is 11.7 Å². The maximum absolute atomic E-state index is 14.2. The third-order valence-corrected chi connectivity index (χ3v) is 5.11. The Hall–Kier alpha value is -3.75. The average Bonchev–Trinajstić information content (AvgIpc) is 3.55. The van der Waals surface area contributed by atoms with Crippen LogP contribution in [0.25, 0.3) is 5.65 Å². The topological polar surface area (TPSA) is 106 Å². The zero-order valence-corrected chi connectivity index (χ0v) is 17.1. The largest absolute Gasteiger partial charge is 0.494 e. The Morgan fingerprint density at radius 3 is 2.94 bits per heavy atom. The Bertz CT molecular complexity index is 1170. The number of nitrogens with one attached hydrogen (secondary N) is 1. The van der Waals surface area contributed by atoms with Crippen LogP contribution in [0, 0.1) is 5.82 Å². The number of pyridine rings is 1. The number of rotatable bonds is 8. The molecule has 1 aromatic carbocycles. The van der Waals surface area contributed by atoms with E-state index in [1.54, 1.807) is 12.1 Å². The molecule has 1 aliphatic rings. The molecule has 4 rings (SSSR count). The Kier molecular flexibility index (Phi) is 5.92. The number of aliphatic imine (C=N–C) groups is 1. The Balaban J connectivity index is 1.36. The lowest BCUT2D eigenvalue weighted by Gasteiger charge is -2.08. The summed E-state index contributed by atoms with van der Waals surface area (Å²) in [4.78, 5) is 21.1. The molecule has 1 fully saturated rings. The average molecular weight is 422 g/mol. The highest BCUT2D eigenvalue weighted by molar-refractivity contribution is 6.60. The highest BCUT2D eigenvalue weighted by Gasteiger charge is 2.23. The van der Waals surface area contributed by atoms with Gasteiger partial charge in [0.15, 0.2) is 17.3 Å². The van der Waals surface area contributed by atoms with Gasteiger partial charge in [-0.2, -0.15) is 5.10 Å². The van der Waals surface area contributed by atoms with Crippen molar-refractivity contribution < 1.29 is 13.9 Å². The van der Waals surface area contributed by atoms with Crippen molar-refractivity contribution >= 4 is 23.5 Å². The third kappa shape index (κ3) is 4.71. The van der Waals surface area contributed by atoms with E-state index in [0.29, 0.717) is 5.92 Å². The molecule has 1 saturated carbocycles. The van der Waals surface area contributed by atoms with Crippen LogP contribution in [-0.2, 0) is 17.9 Å². The number of carbonyl (C=O) groups excluding carboxylic acids is 1. The highest BCUT2D eigenvalue weighted by atomic mass is 19.1. The number of hydrogen-bond acceptors (Lipinski definition) is 6. The number of fused-ring (bicyclic) bond motifs is 1. The van der Waals surface area contributed by atoms with E-state index in [4.69, 9.17) is 10.6 Å². The van der Waals surface area contributed by atoms with Crippen LogP contribution >= 0.6 is 0 Å². The van der Waals surface area contributed by atoms with Gasteiger partial charge in [0.2, 0.25) is 0 Å². The summed E-state index contributed by atoms with van der Waals surface area (Å²) in [6, 6.07) is 8.82. The van der Waals surface area contributed by atoms with E-state index in [2.05, 4.69) is 32.7 Å². The second kappa shape index (κ2) is 8.95. The van der Waals surface area contributed by atoms with Gasteiger partial charge in [-0.1, -0.05) is 18.2 Å². The first-order valence-electron chi connectivity index (χ1n) is 9.94. The van der Waals surface area contributed by atoms with Crippen LogP contribution < -0.4 is 15.9 Å². The summed E-state index contributed by atoms with van der Waals surface area (Å²) in [7, 11) is 1.38. The number of benzene rings is 1. The monoisotopic (exact) mass is 422 g/mol. The quantitative estimate of drug-likeness (QED) is 0.331. The summed E-state index contributed by atoms with van der Waals surface area (Å²) in [6.45, 7) is 0.238. The number of amides is 1. The van der Waals surface area contributed by atoms with E-state index in [9.17, 15) is 9.18 Å². The number of hydrazone groups is 1. The molecule has 9 heteroatoms. The molecule has 0 spiro atoms. The minimum atomic E-state index is -0.558. The summed E-state index contributed by atoms with van der Waals surface area (Å²) in [5.41, 5.74) is 3.15. The van der Waals surface area contributed by atoms with E-state index in [1.165, 1.54) is 37.8 Å². The van der Waals surface area contributed by atoms with Crippen LogP contribution in [-0.4, -0.2) is 34.3 Å². The lowest BCUT2D eigenvalue weighted by molar-refractivity contribution is -0.114. The molecule has 0 radical (unpaired) electrons. The van der Waals surface area contributed by atoms with Crippen molar-refractivity contribution in [2.24, 2.45) is 15.9 Å². The van der Waals surface area contributed by atoms with Crippen molar-refractivity contribution in [3.63, 3.8) is 0 Å². The summed E-state index contributed by atoms with van der Waals surface area (Å²) in [5, 5.41) is 6.06. The summed E-state index contributed by atoms with van der Waals surface area (Å²) < 4.78 is 21.1. The number of imidazole rings is 1. The molecule has 8 nitrogen and oxygen atoms in total. The molecule has 0 unspecified atom stereocenters. The summed E-state index contributed by atoms with van der Waals surface area (Å²) in [6.07, 6.45) is 7.79. The molecule has 31 heavy (non-hydrogen) atoms. The van der Waals surface area contributed by atoms with Gasteiger partial charge in [0.05, 0.1) is 25.6 Å². The molecule has 2 heterocycles. The van der Waals surface area contributed by atoms with Crippen LogP contribution in [0.2, 0.25) is 0 Å². The van der Waals surface area contributed by atoms with Gasteiger partial charge in [-0.3, -0.25) is 9.79 Å². The minimum absolute atomic E-state index is 0.0372. The zero-order valence-electron chi connectivity index (χ0n) is 17.1. The molecule has 0 saturated heterocycles. The van der Waals surface area contributed by atoms with Crippen LogP contribution in [0.15, 0.2) is 52.8 Å². The van der Waals surface area contributed by atoms with Gasteiger partial charge in [0.1, 0.15) is 5.65 Å². The van der Waals surface area contributed by atoms with Crippen molar-refractivity contribution in [3.05, 3.63) is 65.4 Å². The van der Waals surface area contributed by atoms with Crippen molar-refractivity contribution in [1.82, 2.24) is 14.7 Å². The molecule has 0 aliphatic heterocycles. The predicted molar refractivity (Wildman–Crippen MR) is 116 cm³/mol. The standard InChI is InChI=1S/C22H23FN6O2/c1-31-19-4-2-3-15(21(19)23)9-26-22(30)18(28-24)11-25-10-17-13-29-12-16(14-5-6-14)7-8-20(29)27-17/h2-4,7-8,11-14H,5-6,9-10,24H2,1H3,(H,26,30)/b25-11?,28-18+. The van der Waals surface area contributed by atoms with Gasteiger partial charge in [0, 0.05) is 24.5 Å². The van der Waals surface area contributed by atoms with E-state index in [0.717, 1.165) is 11.3 Å². The van der Waals surface area contributed by atoms with Crippen molar-refractivity contribution in [3.8, 4) is 5.75 Å². The molecule has 160 valence electrons. The Morgan fingerprint density at radius 1 is 1.35 bits per heavy atom. The van der Waals surface area contributed by atoms with Gasteiger partial charge >= 0.3 is 0 Å². The second-order valence-electron chi connectivity index (χ2n) is 7.33. The van der Waals surface area contributed by atoms with E-state index >= 15 is 0 Å². The van der Waals surface area contributed by atoms with Crippen LogP contribution in [0.4, 0.5) is 4.39 Å². The predicted octanol–water partition coefficient (Wildman–Crippen LogP) is 2.56. The molecule has 3 N–H and O–H groups in total. The van der Waals surface area contributed by atoms with Gasteiger partial charge in [-0.25, -0.2) is 9.37 Å². The number of halogens is 1. The highest BCUT2D eigenvalue weighted by Crippen LogP contribution is 2.39. The molecule has 3 aromatic rings. The molecule has 1 amide bonds. The fourth-order valence-electron chi connectivity index (χ4n) is 3.29. The number of ether oxygens (including phenoxy) is 1. The summed E-state index contributed by atoms with van der Waals surface area (Å²) in [5.74, 6) is 5.02. The number of aromatic nitrogens is 2. The fraction of sp³-hybridized carbons (Fsp3) is 0.273.